The molecule has 1 aliphatic heterocycles. The Balaban J connectivity index is 1.42. The smallest absolute Gasteiger partial charge is 0.328 e. The molecule has 158 valence electrons. The topological polar surface area (TPSA) is 87.6 Å². The Bertz CT molecular complexity index is 1270. The molecule has 0 bridgehead atoms. The lowest BCUT2D eigenvalue weighted by molar-refractivity contribution is 0.613. The van der Waals surface area contributed by atoms with E-state index in [1.165, 1.54) is 12.1 Å². The van der Waals surface area contributed by atoms with Crippen molar-refractivity contribution in [2.75, 3.05) is 25.0 Å². The summed E-state index contributed by atoms with van der Waals surface area (Å²) in [6, 6.07) is 14.2. The summed E-state index contributed by atoms with van der Waals surface area (Å²) in [4.78, 5) is 24.3. The Labute approximate surface area is 178 Å². The first-order valence-electron chi connectivity index (χ1n) is 10.4. The number of imidazole rings is 1. The van der Waals surface area contributed by atoms with Gasteiger partial charge in [-0.2, -0.15) is 4.98 Å². The van der Waals surface area contributed by atoms with Crippen LogP contribution in [0.4, 0.5) is 10.3 Å². The molecule has 0 unspecified atom stereocenters. The fourth-order valence-corrected chi connectivity index (χ4v) is 4.00. The third kappa shape index (κ3) is 4.20. The molecule has 0 spiro atoms. The van der Waals surface area contributed by atoms with Crippen molar-refractivity contribution in [1.29, 1.82) is 0 Å². The van der Waals surface area contributed by atoms with Crippen LogP contribution in [0.3, 0.4) is 0 Å². The fraction of sp³-hybridized carbons (Fsp3) is 0.261. The zero-order chi connectivity index (χ0) is 21.2. The first-order valence-corrected chi connectivity index (χ1v) is 10.4. The highest BCUT2D eigenvalue weighted by atomic mass is 19.1. The van der Waals surface area contributed by atoms with Crippen molar-refractivity contribution in [3.8, 4) is 11.1 Å². The van der Waals surface area contributed by atoms with Crippen LogP contribution in [0.25, 0.3) is 22.3 Å². The molecule has 1 aliphatic rings. The first kappa shape index (κ1) is 19.4. The average molecular weight is 418 g/mol. The maximum absolute atomic E-state index is 13.6. The maximum atomic E-state index is 13.6. The van der Waals surface area contributed by atoms with Gasteiger partial charge in [-0.1, -0.05) is 30.3 Å². The summed E-state index contributed by atoms with van der Waals surface area (Å²) in [7, 11) is 0. The second-order valence-electron chi connectivity index (χ2n) is 7.90. The van der Waals surface area contributed by atoms with E-state index >= 15 is 0 Å². The van der Waals surface area contributed by atoms with E-state index in [0.29, 0.717) is 29.6 Å². The molecule has 2 aromatic carbocycles. The van der Waals surface area contributed by atoms with Crippen molar-refractivity contribution in [1.82, 2.24) is 24.8 Å². The lowest BCUT2D eigenvalue weighted by atomic mass is 10.0. The molecule has 4 aromatic rings. The van der Waals surface area contributed by atoms with Crippen LogP contribution in [0.5, 0.6) is 0 Å². The van der Waals surface area contributed by atoms with E-state index in [1.54, 1.807) is 16.8 Å². The molecule has 5 rings (SSSR count). The van der Waals surface area contributed by atoms with E-state index in [2.05, 4.69) is 25.6 Å². The zero-order valence-corrected chi connectivity index (χ0v) is 16.9. The molecule has 1 atom stereocenters. The first-order chi connectivity index (χ1) is 15.2. The van der Waals surface area contributed by atoms with Crippen LogP contribution in [0.2, 0.25) is 0 Å². The summed E-state index contributed by atoms with van der Waals surface area (Å²) in [6.45, 7) is 3.18. The van der Waals surface area contributed by atoms with Crippen molar-refractivity contribution in [3.05, 3.63) is 76.6 Å². The number of benzene rings is 2. The summed E-state index contributed by atoms with van der Waals surface area (Å²) in [6.07, 6.45) is 2.77. The minimum Gasteiger partial charge on any atom is -0.354 e. The number of nitrogens with zero attached hydrogens (tertiary/aromatic N) is 3. The number of fused-ring (bicyclic) bond motifs is 1. The number of aromatic nitrogens is 4. The van der Waals surface area contributed by atoms with Gasteiger partial charge in [0.05, 0.1) is 12.7 Å². The van der Waals surface area contributed by atoms with E-state index in [4.69, 9.17) is 0 Å². The van der Waals surface area contributed by atoms with E-state index in [1.807, 2.05) is 30.3 Å². The van der Waals surface area contributed by atoms with Gasteiger partial charge >= 0.3 is 5.69 Å². The van der Waals surface area contributed by atoms with E-state index < -0.39 is 0 Å². The number of anilines is 1. The minimum absolute atomic E-state index is 0.238. The van der Waals surface area contributed by atoms with Crippen LogP contribution in [-0.4, -0.2) is 39.2 Å². The van der Waals surface area contributed by atoms with E-state index in [-0.39, 0.29) is 11.5 Å². The molecular formula is C23H23FN6O. The monoisotopic (exact) mass is 418 g/mol. The van der Waals surface area contributed by atoms with Crippen LogP contribution in [-0.2, 0) is 6.54 Å². The standard InChI is InChI=1S/C23H23FN6O/c24-19-6-2-5-18(10-19)17-4-1-3-15(9-17)14-30-21-20(28-23(30)31)13-27-22(29-21)26-12-16-7-8-25-11-16/h1-6,9-10,13,16,25H,7-8,11-12,14H2,(H,28,31)(H,26,27,29)/t16-/m1/s1. The Hall–Kier alpha value is -3.52. The van der Waals surface area contributed by atoms with Crippen molar-refractivity contribution in [2.45, 2.75) is 13.0 Å². The Morgan fingerprint density at radius 2 is 2.00 bits per heavy atom. The molecule has 2 aromatic heterocycles. The van der Waals surface area contributed by atoms with Gasteiger partial charge in [0.1, 0.15) is 11.3 Å². The lowest BCUT2D eigenvalue weighted by Gasteiger charge is -2.10. The highest BCUT2D eigenvalue weighted by Crippen LogP contribution is 2.22. The van der Waals surface area contributed by atoms with E-state index in [9.17, 15) is 9.18 Å². The largest absolute Gasteiger partial charge is 0.354 e. The minimum atomic E-state index is -0.277. The molecule has 0 saturated carbocycles. The molecule has 0 amide bonds. The van der Waals surface area contributed by atoms with Gasteiger partial charge in [-0.05, 0) is 60.3 Å². The summed E-state index contributed by atoms with van der Waals surface area (Å²) < 4.78 is 15.2. The molecule has 31 heavy (non-hydrogen) atoms. The number of halogens is 1. The highest BCUT2D eigenvalue weighted by molar-refractivity contribution is 5.71. The Kier molecular flexibility index (Phi) is 5.21. The normalized spacial score (nSPS) is 16.1. The molecule has 3 N–H and O–H groups in total. The molecule has 0 aliphatic carbocycles. The summed E-state index contributed by atoms with van der Waals surface area (Å²) in [5.41, 5.74) is 3.53. The molecule has 3 heterocycles. The predicted octanol–water partition coefficient (Wildman–Crippen LogP) is 3.00. The molecule has 8 heteroatoms. The number of hydrogen-bond acceptors (Lipinski definition) is 5. The molecule has 1 saturated heterocycles. The van der Waals surface area contributed by atoms with Crippen LogP contribution in [0.1, 0.15) is 12.0 Å². The maximum Gasteiger partial charge on any atom is 0.328 e. The van der Waals surface area contributed by atoms with Crippen molar-refractivity contribution >= 4 is 17.1 Å². The average Bonchev–Trinajstić information content (AvgIpc) is 3.41. The summed E-state index contributed by atoms with van der Waals surface area (Å²) in [5.74, 6) is 0.791. The van der Waals surface area contributed by atoms with Gasteiger partial charge in [0.2, 0.25) is 5.95 Å². The lowest BCUT2D eigenvalue weighted by Crippen LogP contribution is -2.19. The van der Waals surface area contributed by atoms with Crippen LogP contribution >= 0.6 is 0 Å². The number of aromatic amines is 1. The van der Waals surface area contributed by atoms with Gasteiger partial charge in [-0.3, -0.25) is 4.57 Å². The van der Waals surface area contributed by atoms with Gasteiger partial charge in [0.15, 0.2) is 5.65 Å². The molecular weight excluding hydrogens is 395 g/mol. The third-order valence-electron chi connectivity index (χ3n) is 5.65. The van der Waals surface area contributed by atoms with Crippen molar-refractivity contribution in [3.63, 3.8) is 0 Å². The summed E-state index contributed by atoms with van der Waals surface area (Å²) in [5, 5.41) is 6.63. The van der Waals surface area contributed by atoms with Gasteiger partial charge in [-0.25, -0.2) is 14.2 Å². The Morgan fingerprint density at radius 3 is 2.81 bits per heavy atom. The fourth-order valence-electron chi connectivity index (χ4n) is 4.00. The number of hydrogen-bond donors (Lipinski definition) is 3. The third-order valence-corrected chi connectivity index (χ3v) is 5.65. The van der Waals surface area contributed by atoms with E-state index in [0.717, 1.165) is 42.7 Å². The van der Waals surface area contributed by atoms with Gasteiger partial charge in [0, 0.05) is 6.54 Å². The van der Waals surface area contributed by atoms with Crippen LogP contribution < -0.4 is 16.3 Å². The van der Waals surface area contributed by atoms with Crippen molar-refractivity contribution in [2.24, 2.45) is 5.92 Å². The van der Waals surface area contributed by atoms with Crippen LogP contribution in [0.15, 0.2) is 59.5 Å². The highest BCUT2D eigenvalue weighted by Gasteiger charge is 2.15. The molecule has 0 radical (unpaired) electrons. The predicted molar refractivity (Wildman–Crippen MR) is 119 cm³/mol. The molecule has 7 nitrogen and oxygen atoms in total. The quantitative estimate of drug-likeness (QED) is 0.448. The SMILES string of the molecule is O=c1[nH]c2cnc(NC[C@@H]3CCNC3)nc2n1Cc1cccc(-c2cccc(F)c2)c1. The Morgan fingerprint density at radius 1 is 1.16 bits per heavy atom. The molecule has 1 fully saturated rings. The number of H-pyrrole nitrogens is 1. The van der Waals surface area contributed by atoms with Gasteiger partial charge < -0.3 is 15.6 Å². The van der Waals surface area contributed by atoms with Crippen LogP contribution in [0, 0.1) is 11.7 Å². The number of rotatable bonds is 6. The van der Waals surface area contributed by atoms with Crippen molar-refractivity contribution < 1.29 is 4.39 Å². The second-order valence-corrected chi connectivity index (χ2v) is 7.90. The van der Waals surface area contributed by atoms with Gasteiger partial charge in [-0.15, -0.1) is 0 Å². The zero-order valence-electron chi connectivity index (χ0n) is 16.9. The van der Waals surface area contributed by atoms with Gasteiger partial charge in [0.25, 0.3) is 0 Å². The second kappa shape index (κ2) is 8.31. The summed E-state index contributed by atoms with van der Waals surface area (Å²) >= 11 is 0. The number of nitrogens with one attached hydrogen (secondary N) is 3.